The first-order chi connectivity index (χ1) is 18.0. The van der Waals surface area contributed by atoms with E-state index in [1.54, 1.807) is 41.3 Å². The molecule has 188 valence electrons. The van der Waals surface area contributed by atoms with Gasteiger partial charge < -0.3 is 19.5 Å². The second-order valence-corrected chi connectivity index (χ2v) is 8.94. The first-order valence-electron chi connectivity index (χ1n) is 12.2. The molecule has 0 aliphatic carbocycles. The number of benzene rings is 3. The molecule has 4 aromatic rings. The minimum atomic E-state index is -0.379. The summed E-state index contributed by atoms with van der Waals surface area (Å²) in [4.78, 5) is 34.7. The van der Waals surface area contributed by atoms with Crippen molar-refractivity contribution in [3.05, 3.63) is 108 Å². The highest BCUT2D eigenvalue weighted by Gasteiger charge is 2.28. The van der Waals surface area contributed by atoms with E-state index in [-0.39, 0.29) is 35.1 Å². The number of rotatable bonds is 6. The van der Waals surface area contributed by atoms with Crippen molar-refractivity contribution in [1.29, 1.82) is 0 Å². The summed E-state index contributed by atoms with van der Waals surface area (Å²) in [5.74, 6) is -0.541. The molecule has 1 N–H and O–H groups in total. The summed E-state index contributed by atoms with van der Waals surface area (Å²) in [6.45, 7) is 4.20. The Morgan fingerprint density at radius 1 is 0.919 bits per heavy atom. The lowest BCUT2D eigenvalue weighted by molar-refractivity contribution is 0.0747. The summed E-state index contributed by atoms with van der Waals surface area (Å²) < 4.78 is 18.9. The monoisotopic (exact) mass is 498 g/mol. The van der Waals surface area contributed by atoms with Gasteiger partial charge in [-0.1, -0.05) is 48.5 Å². The van der Waals surface area contributed by atoms with Gasteiger partial charge in [-0.3, -0.25) is 9.59 Å². The highest BCUT2D eigenvalue weighted by molar-refractivity contribution is 6.04. The quantitative estimate of drug-likeness (QED) is 0.408. The first-order valence-corrected chi connectivity index (χ1v) is 12.2. The molecule has 0 spiro atoms. The standard InChI is InChI=1S/C29H27FN4O3/c1-20(21-7-3-2-4-8-21)32-28(35)26-27(37-19-31-26)24-9-5-6-10-25(24)29(36)34-17-15-33(16-18-34)23-13-11-22(30)12-14-23/h2-14,19-20H,15-18H2,1H3,(H,32,35)/t20-/m1/s1. The highest BCUT2D eigenvalue weighted by atomic mass is 19.1. The smallest absolute Gasteiger partial charge is 0.274 e. The van der Waals surface area contributed by atoms with E-state index in [2.05, 4.69) is 15.2 Å². The molecule has 1 aliphatic heterocycles. The maximum absolute atomic E-state index is 13.5. The van der Waals surface area contributed by atoms with Crippen molar-refractivity contribution in [2.75, 3.05) is 31.1 Å². The molecule has 1 aromatic heterocycles. The van der Waals surface area contributed by atoms with E-state index in [4.69, 9.17) is 4.42 Å². The molecule has 37 heavy (non-hydrogen) atoms. The third-order valence-corrected chi connectivity index (χ3v) is 6.59. The Bertz CT molecular complexity index is 1380. The summed E-state index contributed by atoms with van der Waals surface area (Å²) >= 11 is 0. The molecule has 5 rings (SSSR count). The number of piperazine rings is 1. The summed E-state index contributed by atoms with van der Waals surface area (Å²) in [6, 6.07) is 22.9. The van der Waals surface area contributed by atoms with Crippen LogP contribution < -0.4 is 10.2 Å². The third-order valence-electron chi connectivity index (χ3n) is 6.59. The van der Waals surface area contributed by atoms with Gasteiger partial charge in [0.15, 0.2) is 17.8 Å². The zero-order valence-corrected chi connectivity index (χ0v) is 20.4. The SMILES string of the molecule is C[C@@H](NC(=O)c1ncoc1-c1ccccc1C(=O)N1CCN(c2ccc(F)cc2)CC1)c1ccccc1. The van der Waals surface area contributed by atoms with Crippen molar-refractivity contribution in [3.8, 4) is 11.3 Å². The van der Waals surface area contributed by atoms with Crippen LogP contribution in [0.5, 0.6) is 0 Å². The molecule has 0 bridgehead atoms. The maximum atomic E-state index is 13.5. The van der Waals surface area contributed by atoms with Gasteiger partial charge in [0.05, 0.1) is 11.6 Å². The lowest BCUT2D eigenvalue weighted by atomic mass is 10.0. The molecule has 0 radical (unpaired) electrons. The first kappa shape index (κ1) is 24.2. The molecule has 2 amide bonds. The van der Waals surface area contributed by atoms with Gasteiger partial charge in [0.25, 0.3) is 11.8 Å². The number of aromatic nitrogens is 1. The lowest BCUT2D eigenvalue weighted by Gasteiger charge is -2.36. The van der Waals surface area contributed by atoms with E-state index in [0.717, 1.165) is 11.3 Å². The molecule has 2 heterocycles. The number of hydrogen-bond acceptors (Lipinski definition) is 5. The molecule has 1 aliphatic rings. The van der Waals surface area contributed by atoms with Gasteiger partial charge in [-0.2, -0.15) is 0 Å². The van der Waals surface area contributed by atoms with Crippen LogP contribution in [0.15, 0.2) is 89.7 Å². The van der Waals surface area contributed by atoms with E-state index >= 15 is 0 Å². The largest absolute Gasteiger partial charge is 0.443 e. The fourth-order valence-corrected chi connectivity index (χ4v) is 4.55. The Balaban J connectivity index is 1.32. The van der Waals surface area contributed by atoms with Crippen LogP contribution in [0.2, 0.25) is 0 Å². The second kappa shape index (κ2) is 10.7. The van der Waals surface area contributed by atoms with Crippen LogP contribution >= 0.6 is 0 Å². The van der Waals surface area contributed by atoms with E-state index < -0.39 is 0 Å². The normalized spacial score (nSPS) is 14.3. The number of amides is 2. The van der Waals surface area contributed by atoms with Crippen LogP contribution in [0, 0.1) is 5.82 Å². The van der Waals surface area contributed by atoms with Crippen molar-refractivity contribution in [2.24, 2.45) is 0 Å². The van der Waals surface area contributed by atoms with Gasteiger partial charge in [-0.15, -0.1) is 0 Å². The highest BCUT2D eigenvalue weighted by Crippen LogP contribution is 2.29. The number of nitrogens with zero attached hydrogens (tertiary/aromatic N) is 3. The second-order valence-electron chi connectivity index (χ2n) is 8.94. The average molecular weight is 499 g/mol. The molecule has 7 nitrogen and oxygen atoms in total. The Morgan fingerprint density at radius 3 is 2.32 bits per heavy atom. The number of hydrogen-bond donors (Lipinski definition) is 1. The van der Waals surface area contributed by atoms with Crippen molar-refractivity contribution in [1.82, 2.24) is 15.2 Å². The number of anilines is 1. The molecule has 1 saturated heterocycles. The molecule has 1 atom stereocenters. The molecule has 0 unspecified atom stereocenters. The van der Waals surface area contributed by atoms with Crippen molar-refractivity contribution in [3.63, 3.8) is 0 Å². The van der Waals surface area contributed by atoms with Crippen LogP contribution in [0.1, 0.15) is 39.4 Å². The van der Waals surface area contributed by atoms with Gasteiger partial charge in [-0.05, 0) is 42.8 Å². The van der Waals surface area contributed by atoms with Crippen molar-refractivity contribution < 1.29 is 18.4 Å². The van der Waals surface area contributed by atoms with Gasteiger partial charge in [0.2, 0.25) is 0 Å². The Morgan fingerprint density at radius 2 is 1.59 bits per heavy atom. The number of nitrogens with one attached hydrogen (secondary N) is 1. The van der Waals surface area contributed by atoms with E-state index in [1.165, 1.54) is 18.5 Å². The van der Waals surface area contributed by atoms with Gasteiger partial charge >= 0.3 is 0 Å². The van der Waals surface area contributed by atoms with Crippen LogP contribution in [0.4, 0.5) is 10.1 Å². The van der Waals surface area contributed by atoms with Crippen LogP contribution in [0.25, 0.3) is 11.3 Å². The summed E-state index contributed by atoms with van der Waals surface area (Å²) in [5.41, 5.74) is 2.99. The molecular formula is C29H27FN4O3. The maximum Gasteiger partial charge on any atom is 0.274 e. The summed E-state index contributed by atoms with van der Waals surface area (Å²) in [5, 5.41) is 2.96. The number of carbonyl (C=O) groups is 2. The Labute approximate surface area is 214 Å². The van der Waals surface area contributed by atoms with Crippen molar-refractivity contribution in [2.45, 2.75) is 13.0 Å². The lowest BCUT2D eigenvalue weighted by Crippen LogP contribution is -2.48. The topological polar surface area (TPSA) is 78.7 Å². The Hall–Kier alpha value is -4.46. The zero-order chi connectivity index (χ0) is 25.8. The van der Waals surface area contributed by atoms with Crippen LogP contribution in [-0.4, -0.2) is 47.9 Å². The van der Waals surface area contributed by atoms with Gasteiger partial charge in [-0.25, -0.2) is 9.37 Å². The minimum Gasteiger partial charge on any atom is -0.443 e. The van der Waals surface area contributed by atoms with Gasteiger partial charge in [0, 0.05) is 37.4 Å². The molecule has 8 heteroatoms. The molecule has 1 fully saturated rings. The van der Waals surface area contributed by atoms with E-state index in [9.17, 15) is 14.0 Å². The number of halogens is 1. The molecule has 3 aromatic carbocycles. The predicted octanol–water partition coefficient (Wildman–Crippen LogP) is 4.93. The fraction of sp³-hybridized carbons (Fsp3) is 0.207. The van der Waals surface area contributed by atoms with Crippen molar-refractivity contribution >= 4 is 17.5 Å². The summed E-state index contributed by atoms with van der Waals surface area (Å²) in [6.07, 6.45) is 1.22. The molecule has 0 saturated carbocycles. The fourth-order valence-electron chi connectivity index (χ4n) is 4.55. The van der Waals surface area contributed by atoms with Crippen LogP contribution in [0.3, 0.4) is 0 Å². The third kappa shape index (κ3) is 5.23. The van der Waals surface area contributed by atoms with Gasteiger partial charge in [0.1, 0.15) is 5.82 Å². The average Bonchev–Trinajstić information content (AvgIpc) is 3.44. The zero-order valence-electron chi connectivity index (χ0n) is 20.4. The molecular weight excluding hydrogens is 471 g/mol. The number of oxazole rings is 1. The van der Waals surface area contributed by atoms with E-state index in [1.807, 2.05) is 37.3 Å². The van der Waals surface area contributed by atoms with Crippen LogP contribution in [-0.2, 0) is 0 Å². The minimum absolute atomic E-state index is 0.129. The number of carbonyl (C=O) groups excluding carboxylic acids is 2. The summed E-state index contributed by atoms with van der Waals surface area (Å²) in [7, 11) is 0. The Kier molecular flexibility index (Phi) is 6.98. The predicted molar refractivity (Wildman–Crippen MR) is 139 cm³/mol. The van der Waals surface area contributed by atoms with E-state index in [0.29, 0.717) is 37.3 Å².